The Bertz CT molecular complexity index is 1160. The molecule has 0 aromatic heterocycles. The van der Waals surface area contributed by atoms with E-state index in [9.17, 15) is 18.3 Å². The number of hydrogen-bond acceptors (Lipinski definition) is 5. The van der Waals surface area contributed by atoms with Gasteiger partial charge in [-0.25, -0.2) is 8.42 Å². The van der Waals surface area contributed by atoms with E-state index >= 15 is 0 Å². The normalized spacial score (nSPS) is 14.7. The quantitative estimate of drug-likeness (QED) is 0.643. The predicted octanol–water partition coefficient (Wildman–Crippen LogP) is 2.01. The molecular weight excluding hydrogens is 416 g/mol. The second-order valence-corrected chi connectivity index (χ2v) is 8.49. The molecule has 1 heterocycles. The summed E-state index contributed by atoms with van der Waals surface area (Å²) in [7, 11) is -2.95. The fourth-order valence-electron chi connectivity index (χ4n) is 2.82. The Morgan fingerprint density at radius 3 is 2.55 bits per heavy atom. The number of carbonyl (C=O) groups is 1. The molecule has 3 N–H and O–H groups in total. The van der Waals surface area contributed by atoms with E-state index < -0.39 is 26.6 Å². The fourth-order valence-corrected chi connectivity index (χ4v) is 4.30. The van der Waals surface area contributed by atoms with Gasteiger partial charge in [0.2, 0.25) is 0 Å². The first-order valence-electron chi connectivity index (χ1n) is 8.44. The molecule has 0 radical (unpaired) electrons. The maximum atomic E-state index is 12.8. The zero-order chi connectivity index (χ0) is 21.2. The van der Waals surface area contributed by atoms with Crippen LogP contribution >= 0.6 is 11.6 Å². The summed E-state index contributed by atoms with van der Waals surface area (Å²) >= 11 is 5.82. The van der Waals surface area contributed by atoms with Gasteiger partial charge in [0.25, 0.3) is 15.9 Å². The van der Waals surface area contributed by atoms with Crippen molar-refractivity contribution in [3.8, 4) is 11.8 Å². The van der Waals surface area contributed by atoms with E-state index in [0.29, 0.717) is 16.1 Å². The van der Waals surface area contributed by atoms with Crippen LogP contribution in [0.1, 0.15) is 16.7 Å². The van der Waals surface area contributed by atoms with E-state index in [2.05, 4.69) is 17.2 Å². The molecule has 0 fully saturated rings. The van der Waals surface area contributed by atoms with Crippen LogP contribution in [-0.2, 0) is 21.4 Å². The second kappa shape index (κ2) is 8.17. The highest BCUT2D eigenvalue weighted by atomic mass is 35.5. The Balaban J connectivity index is 1.99. The van der Waals surface area contributed by atoms with Gasteiger partial charge in [0.05, 0.1) is 5.69 Å². The van der Waals surface area contributed by atoms with Gasteiger partial charge >= 0.3 is 0 Å². The standard InChI is InChI=1S/C20H17ClN2O5S/c1-23-17-9-6-13(3-2-10-24)11-16(17)18(25)19(29(23,27)28)20(26)22-12-14-4-7-15(21)8-5-14/h4-9,11,24-25H,10,12H2,1H3,(H,22,26). The molecule has 0 saturated heterocycles. The molecule has 1 amide bonds. The number of sulfonamides is 1. The summed E-state index contributed by atoms with van der Waals surface area (Å²) in [6, 6.07) is 11.2. The molecule has 0 saturated carbocycles. The smallest absolute Gasteiger partial charge is 0.273 e. The van der Waals surface area contributed by atoms with Crippen LogP contribution in [0.4, 0.5) is 5.69 Å². The molecule has 0 atom stereocenters. The average molecular weight is 433 g/mol. The number of nitrogens with zero attached hydrogens (tertiary/aromatic N) is 1. The number of carbonyl (C=O) groups excluding carboxylic acids is 1. The fraction of sp³-hybridized carbons (Fsp3) is 0.150. The molecule has 0 aliphatic carbocycles. The van der Waals surface area contributed by atoms with Crippen molar-refractivity contribution in [3.05, 3.63) is 69.1 Å². The highest BCUT2D eigenvalue weighted by Crippen LogP contribution is 2.37. The first kappa shape index (κ1) is 20.7. The SMILES string of the molecule is CN1c2ccc(C#CCO)cc2C(O)=C(C(=O)NCc2ccc(Cl)cc2)S1(=O)=O. The summed E-state index contributed by atoms with van der Waals surface area (Å²) in [5.74, 6) is 3.58. The number of amides is 1. The van der Waals surface area contributed by atoms with Crippen LogP contribution < -0.4 is 9.62 Å². The monoisotopic (exact) mass is 432 g/mol. The van der Waals surface area contributed by atoms with Crippen molar-refractivity contribution in [2.45, 2.75) is 6.54 Å². The number of rotatable bonds is 3. The average Bonchev–Trinajstić information content (AvgIpc) is 2.70. The number of aliphatic hydroxyl groups is 2. The van der Waals surface area contributed by atoms with Crippen LogP contribution in [0.3, 0.4) is 0 Å². The summed E-state index contributed by atoms with van der Waals surface area (Å²) < 4.78 is 26.6. The number of hydrogen-bond donors (Lipinski definition) is 3. The largest absolute Gasteiger partial charge is 0.506 e. The Hall–Kier alpha value is -2.99. The van der Waals surface area contributed by atoms with Crippen LogP contribution in [0.2, 0.25) is 5.02 Å². The minimum Gasteiger partial charge on any atom is -0.506 e. The Morgan fingerprint density at radius 2 is 1.90 bits per heavy atom. The van der Waals surface area contributed by atoms with Gasteiger partial charge in [-0.05, 0) is 35.9 Å². The van der Waals surface area contributed by atoms with Crippen molar-refractivity contribution in [3.63, 3.8) is 0 Å². The first-order valence-corrected chi connectivity index (χ1v) is 10.3. The summed E-state index contributed by atoms with van der Waals surface area (Å²) in [6.07, 6.45) is 0. The molecule has 0 bridgehead atoms. The number of fused-ring (bicyclic) bond motifs is 1. The number of aliphatic hydroxyl groups excluding tert-OH is 2. The molecular formula is C20H17ClN2O5S. The molecule has 1 aliphatic heterocycles. The summed E-state index contributed by atoms with van der Waals surface area (Å²) in [5, 5.41) is 22.5. The lowest BCUT2D eigenvalue weighted by Gasteiger charge is -2.28. The predicted molar refractivity (Wildman–Crippen MR) is 111 cm³/mol. The summed E-state index contributed by atoms with van der Waals surface area (Å²) in [5.41, 5.74) is 1.54. The lowest BCUT2D eigenvalue weighted by Crippen LogP contribution is -2.39. The van der Waals surface area contributed by atoms with Gasteiger partial charge in [-0.1, -0.05) is 35.6 Å². The topological polar surface area (TPSA) is 107 Å². The molecule has 0 spiro atoms. The Kier molecular flexibility index (Phi) is 5.84. The summed E-state index contributed by atoms with van der Waals surface area (Å²) in [6.45, 7) is -0.285. The minimum absolute atomic E-state index is 0.0564. The molecule has 29 heavy (non-hydrogen) atoms. The lowest BCUT2D eigenvalue weighted by molar-refractivity contribution is -0.117. The molecule has 150 valence electrons. The van der Waals surface area contributed by atoms with Crippen molar-refractivity contribution >= 4 is 39.0 Å². The minimum atomic E-state index is -4.25. The third kappa shape index (κ3) is 4.07. The first-order chi connectivity index (χ1) is 13.8. The molecule has 0 unspecified atom stereocenters. The van der Waals surface area contributed by atoms with Gasteiger partial charge in [0.1, 0.15) is 6.61 Å². The van der Waals surface area contributed by atoms with Crippen LogP contribution in [-0.4, -0.2) is 38.2 Å². The van der Waals surface area contributed by atoms with Gasteiger partial charge in [-0.3, -0.25) is 9.10 Å². The second-order valence-electron chi connectivity index (χ2n) is 6.15. The molecule has 2 aromatic rings. The number of halogens is 1. The number of nitrogens with one attached hydrogen (secondary N) is 1. The van der Waals surface area contributed by atoms with Crippen molar-refractivity contribution in [2.75, 3.05) is 18.0 Å². The van der Waals surface area contributed by atoms with E-state index in [4.69, 9.17) is 16.7 Å². The van der Waals surface area contributed by atoms with E-state index in [1.807, 2.05) is 0 Å². The van der Waals surface area contributed by atoms with E-state index in [-0.39, 0.29) is 24.4 Å². The molecule has 1 aliphatic rings. The zero-order valence-electron chi connectivity index (χ0n) is 15.3. The van der Waals surface area contributed by atoms with Gasteiger partial charge in [-0.2, -0.15) is 0 Å². The van der Waals surface area contributed by atoms with Crippen LogP contribution in [0, 0.1) is 11.8 Å². The van der Waals surface area contributed by atoms with E-state index in [1.165, 1.54) is 19.2 Å². The highest BCUT2D eigenvalue weighted by molar-refractivity contribution is 7.97. The summed E-state index contributed by atoms with van der Waals surface area (Å²) in [4.78, 5) is 11.9. The van der Waals surface area contributed by atoms with Crippen molar-refractivity contribution in [1.82, 2.24) is 5.32 Å². The van der Waals surface area contributed by atoms with Crippen molar-refractivity contribution in [1.29, 1.82) is 0 Å². The molecule has 9 heteroatoms. The van der Waals surface area contributed by atoms with Crippen LogP contribution in [0.15, 0.2) is 47.4 Å². The molecule has 3 rings (SSSR count). The Labute approximate surface area is 173 Å². The maximum absolute atomic E-state index is 12.8. The van der Waals surface area contributed by atoms with Crippen molar-refractivity contribution < 1.29 is 23.4 Å². The Morgan fingerprint density at radius 1 is 1.21 bits per heavy atom. The van der Waals surface area contributed by atoms with Crippen LogP contribution in [0.25, 0.3) is 5.76 Å². The van der Waals surface area contributed by atoms with Crippen molar-refractivity contribution in [2.24, 2.45) is 0 Å². The zero-order valence-corrected chi connectivity index (χ0v) is 16.9. The maximum Gasteiger partial charge on any atom is 0.273 e. The highest BCUT2D eigenvalue weighted by Gasteiger charge is 2.39. The third-order valence-corrected chi connectivity index (χ3v) is 6.37. The van der Waals surface area contributed by atoms with Gasteiger partial charge in [-0.15, -0.1) is 0 Å². The third-order valence-electron chi connectivity index (χ3n) is 4.31. The van der Waals surface area contributed by atoms with Gasteiger partial charge in [0.15, 0.2) is 10.7 Å². The number of anilines is 1. The van der Waals surface area contributed by atoms with Crippen LogP contribution in [0.5, 0.6) is 0 Å². The lowest BCUT2D eigenvalue weighted by atomic mass is 10.1. The molecule has 2 aromatic carbocycles. The number of benzene rings is 2. The molecule has 7 nitrogen and oxygen atoms in total. The van der Waals surface area contributed by atoms with Gasteiger partial charge < -0.3 is 15.5 Å². The van der Waals surface area contributed by atoms with E-state index in [1.54, 1.807) is 30.3 Å². The van der Waals surface area contributed by atoms with Gasteiger partial charge in [0, 0.05) is 29.7 Å². The van der Waals surface area contributed by atoms with E-state index in [0.717, 1.165) is 4.31 Å².